The summed E-state index contributed by atoms with van der Waals surface area (Å²) in [5.74, 6) is 0.793. The number of amides is 2. The Morgan fingerprint density at radius 1 is 1.06 bits per heavy atom. The molecule has 4 nitrogen and oxygen atoms in total. The summed E-state index contributed by atoms with van der Waals surface area (Å²) < 4.78 is 0. The molecule has 18 heavy (non-hydrogen) atoms. The van der Waals surface area contributed by atoms with Crippen molar-refractivity contribution in [3.8, 4) is 0 Å². The Labute approximate surface area is 110 Å². The van der Waals surface area contributed by atoms with Crippen LogP contribution < -0.4 is 16.0 Å². The summed E-state index contributed by atoms with van der Waals surface area (Å²) in [5, 5.41) is 9.47. The Morgan fingerprint density at radius 3 is 2.50 bits per heavy atom. The van der Waals surface area contributed by atoms with Crippen molar-refractivity contribution in [2.45, 2.75) is 57.4 Å². The van der Waals surface area contributed by atoms with E-state index in [0.717, 1.165) is 44.8 Å². The first-order valence-corrected chi connectivity index (χ1v) is 7.59. The van der Waals surface area contributed by atoms with Crippen molar-refractivity contribution >= 4 is 6.03 Å². The summed E-state index contributed by atoms with van der Waals surface area (Å²) in [6.45, 7) is 3.10. The van der Waals surface area contributed by atoms with Crippen molar-refractivity contribution in [3.63, 3.8) is 0 Å². The number of urea groups is 1. The molecule has 2 fully saturated rings. The Balaban J connectivity index is 1.53. The van der Waals surface area contributed by atoms with Crippen molar-refractivity contribution in [3.05, 3.63) is 0 Å². The molecule has 0 bridgehead atoms. The summed E-state index contributed by atoms with van der Waals surface area (Å²) >= 11 is 0. The Morgan fingerprint density at radius 2 is 1.78 bits per heavy atom. The zero-order valence-corrected chi connectivity index (χ0v) is 11.3. The number of rotatable bonds is 4. The SMILES string of the molecule is O=C(NCCC1CCNCC1)NC1CCCCC1. The van der Waals surface area contributed by atoms with Crippen LogP contribution in [0.1, 0.15) is 51.4 Å². The van der Waals surface area contributed by atoms with Gasteiger partial charge in [-0.1, -0.05) is 19.3 Å². The second-order valence-electron chi connectivity index (χ2n) is 5.72. The van der Waals surface area contributed by atoms with Crippen LogP contribution in [-0.2, 0) is 0 Å². The Hall–Kier alpha value is -0.770. The van der Waals surface area contributed by atoms with Crippen molar-refractivity contribution in [2.24, 2.45) is 5.92 Å². The molecule has 1 saturated carbocycles. The van der Waals surface area contributed by atoms with Crippen LogP contribution in [0, 0.1) is 5.92 Å². The molecule has 0 unspecified atom stereocenters. The van der Waals surface area contributed by atoms with Crippen molar-refractivity contribution in [1.29, 1.82) is 0 Å². The van der Waals surface area contributed by atoms with E-state index in [2.05, 4.69) is 16.0 Å². The highest BCUT2D eigenvalue weighted by Crippen LogP contribution is 2.17. The van der Waals surface area contributed by atoms with Gasteiger partial charge in [0.05, 0.1) is 0 Å². The van der Waals surface area contributed by atoms with Gasteiger partial charge in [-0.05, 0) is 51.1 Å². The van der Waals surface area contributed by atoms with Gasteiger partial charge in [-0.25, -0.2) is 4.79 Å². The largest absolute Gasteiger partial charge is 0.338 e. The van der Waals surface area contributed by atoms with Gasteiger partial charge >= 0.3 is 6.03 Å². The van der Waals surface area contributed by atoms with E-state index < -0.39 is 0 Å². The lowest BCUT2D eigenvalue weighted by atomic mass is 9.95. The van der Waals surface area contributed by atoms with Crippen LogP contribution in [0.25, 0.3) is 0 Å². The van der Waals surface area contributed by atoms with Gasteiger partial charge in [0.25, 0.3) is 0 Å². The smallest absolute Gasteiger partial charge is 0.315 e. The van der Waals surface area contributed by atoms with Crippen LogP contribution in [0.3, 0.4) is 0 Å². The number of piperidine rings is 1. The quantitative estimate of drug-likeness (QED) is 0.718. The molecule has 0 spiro atoms. The number of hydrogen-bond acceptors (Lipinski definition) is 2. The maximum absolute atomic E-state index is 11.7. The number of hydrogen-bond donors (Lipinski definition) is 3. The third kappa shape index (κ3) is 4.84. The van der Waals surface area contributed by atoms with Gasteiger partial charge < -0.3 is 16.0 Å². The number of carbonyl (C=O) groups is 1. The van der Waals surface area contributed by atoms with Crippen molar-refractivity contribution in [1.82, 2.24) is 16.0 Å². The van der Waals surface area contributed by atoms with Gasteiger partial charge in [-0.2, -0.15) is 0 Å². The molecule has 0 aromatic carbocycles. The Kier molecular flexibility index (Phi) is 5.78. The highest BCUT2D eigenvalue weighted by atomic mass is 16.2. The van der Waals surface area contributed by atoms with Crippen LogP contribution in [0.4, 0.5) is 4.79 Å². The summed E-state index contributed by atoms with van der Waals surface area (Å²) in [7, 11) is 0. The predicted octanol–water partition coefficient (Wildman–Crippen LogP) is 2.01. The average Bonchev–Trinajstić information content (AvgIpc) is 2.41. The summed E-state index contributed by atoms with van der Waals surface area (Å²) in [6, 6.07) is 0.452. The van der Waals surface area contributed by atoms with E-state index in [9.17, 15) is 4.79 Å². The molecule has 4 heteroatoms. The third-order valence-corrected chi connectivity index (χ3v) is 4.24. The highest BCUT2D eigenvalue weighted by molar-refractivity contribution is 5.74. The topological polar surface area (TPSA) is 53.2 Å². The monoisotopic (exact) mass is 253 g/mol. The zero-order chi connectivity index (χ0) is 12.6. The number of nitrogens with one attached hydrogen (secondary N) is 3. The molecular formula is C14H27N3O. The van der Waals surface area contributed by atoms with Crippen LogP contribution in [0.15, 0.2) is 0 Å². The first kappa shape index (κ1) is 13.7. The molecule has 3 N–H and O–H groups in total. The minimum atomic E-state index is 0.0378. The van der Waals surface area contributed by atoms with E-state index in [4.69, 9.17) is 0 Å². The van der Waals surface area contributed by atoms with E-state index in [1.807, 2.05) is 0 Å². The highest BCUT2D eigenvalue weighted by Gasteiger charge is 2.16. The minimum Gasteiger partial charge on any atom is -0.338 e. The molecule has 2 aliphatic rings. The van der Waals surface area contributed by atoms with Crippen molar-refractivity contribution < 1.29 is 4.79 Å². The average molecular weight is 253 g/mol. The molecular weight excluding hydrogens is 226 g/mol. The predicted molar refractivity (Wildman–Crippen MR) is 73.6 cm³/mol. The number of carbonyl (C=O) groups excluding carboxylic acids is 1. The molecule has 2 rings (SSSR count). The van der Waals surface area contributed by atoms with Gasteiger partial charge in [0.1, 0.15) is 0 Å². The molecule has 1 aliphatic carbocycles. The van der Waals surface area contributed by atoms with E-state index in [1.54, 1.807) is 0 Å². The Bertz CT molecular complexity index is 245. The first-order valence-electron chi connectivity index (χ1n) is 7.59. The van der Waals surface area contributed by atoms with Crippen LogP contribution in [0.5, 0.6) is 0 Å². The standard InChI is InChI=1S/C14H27N3O/c18-14(17-13-4-2-1-3-5-13)16-11-8-12-6-9-15-10-7-12/h12-13,15H,1-11H2,(H2,16,17,18). The van der Waals surface area contributed by atoms with E-state index >= 15 is 0 Å². The summed E-state index contributed by atoms with van der Waals surface area (Å²) in [4.78, 5) is 11.7. The minimum absolute atomic E-state index is 0.0378. The lowest BCUT2D eigenvalue weighted by Gasteiger charge is -2.24. The lowest BCUT2D eigenvalue weighted by Crippen LogP contribution is -2.43. The summed E-state index contributed by atoms with van der Waals surface area (Å²) in [6.07, 6.45) is 9.80. The molecule has 0 radical (unpaired) electrons. The van der Waals surface area contributed by atoms with Crippen molar-refractivity contribution in [2.75, 3.05) is 19.6 Å². The fraction of sp³-hybridized carbons (Fsp3) is 0.929. The zero-order valence-electron chi connectivity index (χ0n) is 11.3. The normalized spacial score (nSPS) is 22.7. The third-order valence-electron chi connectivity index (χ3n) is 4.24. The molecule has 0 aromatic rings. The van der Waals surface area contributed by atoms with Gasteiger partial charge in [0.15, 0.2) is 0 Å². The fourth-order valence-corrected chi connectivity index (χ4v) is 3.04. The van der Waals surface area contributed by atoms with Crippen LogP contribution in [0.2, 0.25) is 0 Å². The lowest BCUT2D eigenvalue weighted by molar-refractivity contribution is 0.231. The van der Waals surface area contributed by atoms with Crippen LogP contribution >= 0.6 is 0 Å². The van der Waals surface area contributed by atoms with Gasteiger partial charge in [-0.3, -0.25) is 0 Å². The molecule has 1 aliphatic heterocycles. The molecule has 0 aromatic heterocycles. The molecule has 1 heterocycles. The second kappa shape index (κ2) is 7.62. The van der Waals surface area contributed by atoms with Gasteiger partial charge in [0.2, 0.25) is 0 Å². The van der Waals surface area contributed by atoms with E-state index in [1.165, 1.54) is 32.1 Å². The maximum Gasteiger partial charge on any atom is 0.315 e. The van der Waals surface area contributed by atoms with Gasteiger partial charge in [0, 0.05) is 12.6 Å². The van der Waals surface area contributed by atoms with Crippen LogP contribution in [-0.4, -0.2) is 31.7 Å². The first-order chi connectivity index (χ1) is 8.84. The molecule has 0 atom stereocenters. The van der Waals surface area contributed by atoms with E-state index in [0.29, 0.717) is 6.04 Å². The van der Waals surface area contributed by atoms with Gasteiger partial charge in [-0.15, -0.1) is 0 Å². The maximum atomic E-state index is 11.7. The summed E-state index contributed by atoms with van der Waals surface area (Å²) in [5.41, 5.74) is 0. The van der Waals surface area contributed by atoms with E-state index in [-0.39, 0.29) is 6.03 Å². The molecule has 1 saturated heterocycles. The molecule has 104 valence electrons. The second-order valence-corrected chi connectivity index (χ2v) is 5.72. The molecule has 2 amide bonds. The fourth-order valence-electron chi connectivity index (χ4n) is 3.04.